The molecule has 18 heavy (non-hydrogen) atoms. The number of hydrogen-bond acceptors (Lipinski definition) is 5. The van der Waals surface area contributed by atoms with Crippen molar-refractivity contribution in [1.29, 1.82) is 0 Å². The molecule has 2 heterocycles. The number of aryl methyl sites for hydroxylation is 1. The minimum atomic E-state index is 0.721. The molecule has 2 rings (SSSR count). The van der Waals surface area contributed by atoms with Crippen LogP contribution >= 0.6 is 11.3 Å². The van der Waals surface area contributed by atoms with Crippen LogP contribution in [0.5, 0.6) is 0 Å². The zero-order valence-electron chi connectivity index (χ0n) is 10.8. The molecule has 0 aliphatic heterocycles. The van der Waals surface area contributed by atoms with E-state index in [2.05, 4.69) is 34.1 Å². The van der Waals surface area contributed by atoms with Crippen LogP contribution in [0.4, 0.5) is 0 Å². The maximum absolute atomic E-state index is 4.63. The van der Waals surface area contributed by atoms with Crippen molar-refractivity contribution in [2.45, 2.75) is 33.2 Å². The highest BCUT2D eigenvalue weighted by Crippen LogP contribution is 2.25. The molecule has 5 heteroatoms. The van der Waals surface area contributed by atoms with Gasteiger partial charge in [-0.1, -0.05) is 13.8 Å². The van der Waals surface area contributed by atoms with E-state index in [0.717, 1.165) is 42.5 Å². The Kier molecular flexibility index (Phi) is 4.78. The smallest absolute Gasteiger partial charge is 0.188 e. The van der Waals surface area contributed by atoms with E-state index in [9.17, 15) is 0 Å². The van der Waals surface area contributed by atoms with E-state index in [4.69, 9.17) is 0 Å². The van der Waals surface area contributed by atoms with Gasteiger partial charge < -0.3 is 5.32 Å². The van der Waals surface area contributed by atoms with Crippen LogP contribution in [0.2, 0.25) is 0 Å². The van der Waals surface area contributed by atoms with E-state index in [1.807, 2.05) is 6.07 Å². The maximum atomic E-state index is 4.63. The van der Waals surface area contributed by atoms with Crippen LogP contribution in [0.15, 0.2) is 18.5 Å². The Morgan fingerprint density at radius 3 is 2.67 bits per heavy atom. The molecule has 0 saturated heterocycles. The molecule has 0 aromatic carbocycles. The van der Waals surface area contributed by atoms with Crippen molar-refractivity contribution in [2.24, 2.45) is 0 Å². The predicted octanol–water partition coefficient (Wildman–Crippen LogP) is 2.66. The average molecular weight is 262 g/mol. The summed E-state index contributed by atoms with van der Waals surface area (Å²) in [6.45, 7) is 6.23. The van der Waals surface area contributed by atoms with Crippen LogP contribution in [0.3, 0.4) is 0 Å². The second-order valence-corrected chi connectivity index (χ2v) is 5.08. The molecule has 0 bridgehead atoms. The van der Waals surface area contributed by atoms with Crippen molar-refractivity contribution < 1.29 is 0 Å². The molecule has 0 aliphatic carbocycles. The van der Waals surface area contributed by atoms with Gasteiger partial charge in [-0.3, -0.25) is 0 Å². The van der Waals surface area contributed by atoms with Gasteiger partial charge in [0.1, 0.15) is 0 Å². The Morgan fingerprint density at radius 1 is 1.22 bits per heavy atom. The normalized spacial score (nSPS) is 10.8. The summed E-state index contributed by atoms with van der Waals surface area (Å²) in [6, 6.07) is 1.82. The zero-order chi connectivity index (χ0) is 12.8. The molecule has 0 radical (unpaired) electrons. The maximum Gasteiger partial charge on any atom is 0.188 e. The summed E-state index contributed by atoms with van der Waals surface area (Å²) in [5, 5.41) is 4.34. The fraction of sp³-hybridized carbons (Fsp3) is 0.462. The summed E-state index contributed by atoms with van der Waals surface area (Å²) < 4.78 is 0. The molecule has 4 nitrogen and oxygen atoms in total. The molecule has 1 N–H and O–H groups in total. The van der Waals surface area contributed by atoms with Crippen LogP contribution < -0.4 is 5.32 Å². The standard InChI is InChI=1S/C13H18N4S/c1-3-6-14-9-11-10(4-2)17-13(18-11)12-15-7-5-8-16-12/h5,7-8,14H,3-4,6,9H2,1-2H3. The third-order valence-electron chi connectivity index (χ3n) is 2.58. The highest BCUT2D eigenvalue weighted by molar-refractivity contribution is 7.15. The van der Waals surface area contributed by atoms with Crippen molar-refractivity contribution >= 4 is 11.3 Å². The van der Waals surface area contributed by atoms with Gasteiger partial charge in [0.25, 0.3) is 0 Å². The lowest BCUT2D eigenvalue weighted by atomic mass is 10.3. The van der Waals surface area contributed by atoms with E-state index >= 15 is 0 Å². The summed E-state index contributed by atoms with van der Waals surface area (Å²) in [7, 11) is 0. The van der Waals surface area contributed by atoms with E-state index in [1.165, 1.54) is 4.88 Å². The number of aromatic nitrogens is 3. The lowest BCUT2D eigenvalue weighted by Crippen LogP contribution is -2.13. The molecule has 2 aromatic rings. The first-order chi connectivity index (χ1) is 8.85. The second-order valence-electron chi connectivity index (χ2n) is 3.99. The Balaban J connectivity index is 2.18. The van der Waals surface area contributed by atoms with Crippen LogP contribution in [-0.4, -0.2) is 21.5 Å². The lowest BCUT2D eigenvalue weighted by molar-refractivity contribution is 0.676. The van der Waals surface area contributed by atoms with Crippen LogP contribution in [0.1, 0.15) is 30.8 Å². The fourth-order valence-corrected chi connectivity index (χ4v) is 2.75. The molecule has 0 aliphatic rings. The monoisotopic (exact) mass is 262 g/mol. The topological polar surface area (TPSA) is 50.7 Å². The first-order valence-corrected chi connectivity index (χ1v) is 7.13. The van der Waals surface area contributed by atoms with E-state index in [0.29, 0.717) is 0 Å². The summed E-state index contributed by atoms with van der Waals surface area (Å²) >= 11 is 1.69. The molecule has 0 atom stereocenters. The number of thiazole rings is 1. The number of rotatable bonds is 6. The van der Waals surface area contributed by atoms with Gasteiger partial charge in [0.15, 0.2) is 10.8 Å². The number of nitrogens with one attached hydrogen (secondary N) is 1. The van der Waals surface area contributed by atoms with Crippen molar-refractivity contribution in [2.75, 3.05) is 6.54 Å². The predicted molar refractivity (Wildman–Crippen MR) is 74.5 cm³/mol. The summed E-state index contributed by atoms with van der Waals surface area (Å²) in [5.41, 5.74) is 1.16. The molecule has 0 saturated carbocycles. The van der Waals surface area contributed by atoms with Gasteiger partial charge in [-0.05, 0) is 25.5 Å². The highest BCUT2D eigenvalue weighted by atomic mass is 32.1. The molecular weight excluding hydrogens is 244 g/mol. The average Bonchev–Trinajstić information content (AvgIpc) is 2.83. The second kappa shape index (κ2) is 6.56. The Morgan fingerprint density at radius 2 is 2.00 bits per heavy atom. The molecule has 0 amide bonds. The number of nitrogens with zero attached hydrogens (tertiary/aromatic N) is 3. The Labute approximate surface area is 112 Å². The van der Waals surface area contributed by atoms with Crippen molar-refractivity contribution in [1.82, 2.24) is 20.3 Å². The van der Waals surface area contributed by atoms with Crippen LogP contribution in [-0.2, 0) is 13.0 Å². The summed E-state index contributed by atoms with van der Waals surface area (Å²) in [4.78, 5) is 14.4. The molecule has 0 spiro atoms. The van der Waals surface area contributed by atoms with Gasteiger partial charge in [0.05, 0.1) is 5.69 Å². The van der Waals surface area contributed by atoms with Gasteiger partial charge in [0, 0.05) is 23.8 Å². The molecule has 0 fully saturated rings. The zero-order valence-corrected chi connectivity index (χ0v) is 11.6. The van der Waals surface area contributed by atoms with E-state index in [-0.39, 0.29) is 0 Å². The molecule has 96 valence electrons. The fourth-order valence-electron chi connectivity index (χ4n) is 1.68. The third-order valence-corrected chi connectivity index (χ3v) is 3.68. The van der Waals surface area contributed by atoms with Crippen LogP contribution in [0, 0.1) is 0 Å². The van der Waals surface area contributed by atoms with Crippen molar-refractivity contribution in [3.8, 4) is 10.8 Å². The Hall–Kier alpha value is -1.33. The van der Waals surface area contributed by atoms with Crippen molar-refractivity contribution in [3.63, 3.8) is 0 Å². The first-order valence-electron chi connectivity index (χ1n) is 6.31. The minimum Gasteiger partial charge on any atom is -0.312 e. The van der Waals surface area contributed by atoms with Gasteiger partial charge >= 0.3 is 0 Å². The van der Waals surface area contributed by atoms with E-state index in [1.54, 1.807) is 23.7 Å². The lowest BCUT2D eigenvalue weighted by Gasteiger charge is -2.01. The van der Waals surface area contributed by atoms with Gasteiger partial charge in [-0.25, -0.2) is 15.0 Å². The van der Waals surface area contributed by atoms with Gasteiger partial charge in [0.2, 0.25) is 0 Å². The highest BCUT2D eigenvalue weighted by Gasteiger charge is 2.12. The summed E-state index contributed by atoms with van der Waals surface area (Å²) in [5.74, 6) is 0.721. The largest absolute Gasteiger partial charge is 0.312 e. The minimum absolute atomic E-state index is 0.721. The molecule has 0 unspecified atom stereocenters. The van der Waals surface area contributed by atoms with Gasteiger partial charge in [-0.2, -0.15) is 0 Å². The molecule has 2 aromatic heterocycles. The Bertz CT molecular complexity index is 481. The number of hydrogen-bond donors (Lipinski definition) is 1. The summed E-state index contributed by atoms with van der Waals surface area (Å²) in [6.07, 6.45) is 5.61. The SMILES string of the molecule is CCCNCc1sc(-c2ncccn2)nc1CC. The van der Waals surface area contributed by atoms with Crippen molar-refractivity contribution in [3.05, 3.63) is 29.0 Å². The van der Waals surface area contributed by atoms with E-state index < -0.39 is 0 Å². The third kappa shape index (κ3) is 3.11. The first kappa shape index (κ1) is 13.1. The quantitative estimate of drug-likeness (QED) is 0.813. The molecular formula is C13H18N4S. The van der Waals surface area contributed by atoms with Gasteiger partial charge in [-0.15, -0.1) is 11.3 Å². The van der Waals surface area contributed by atoms with Crippen LogP contribution in [0.25, 0.3) is 10.8 Å².